The van der Waals surface area contributed by atoms with Crippen LogP contribution in [0.3, 0.4) is 0 Å². The molecule has 0 saturated carbocycles. The van der Waals surface area contributed by atoms with E-state index in [0.29, 0.717) is 21.8 Å². The van der Waals surface area contributed by atoms with Gasteiger partial charge in [0.25, 0.3) is 0 Å². The summed E-state index contributed by atoms with van der Waals surface area (Å²) in [7, 11) is 0. The molecule has 0 atom stereocenters. The Hall–Kier alpha value is -2.74. The zero-order valence-electron chi connectivity index (χ0n) is 12.5. The second-order valence-corrected chi connectivity index (χ2v) is 5.87. The Morgan fingerprint density at radius 2 is 1.64 bits per heavy atom. The van der Waals surface area contributed by atoms with Gasteiger partial charge < -0.3 is 5.32 Å². The summed E-state index contributed by atoms with van der Waals surface area (Å²) < 4.78 is 51.3. The van der Waals surface area contributed by atoms with Gasteiger partial charge in [0.1, 0.15) is 10.8 Å². The van der Waals surface area contributed by atoms with E-state index in [1.807, 2.05) is 5.32 Å². The summed E-state index contributed by atoms with van der Waals surface area (Å²) >= 11 is 1.16. The minimum atomic E-state index is -4.99. The molecule has 3 rings (SSSR count). The van der Waals surface area contributed by atoms with Crippen LogP contribution in [0.1, 0.15) is 0 Å². The molecule has 0 spiro atoms. The Labute approximate surface area is 144 Å². The summed E-state index contributed by atoms with van der Waals surface area (Å²) in [6, 6.07) is 12.1. The van der Waals surface area contributed by atoms with Crippen LogP contribution in [0.4, 0.5) is 23.2 Å². The van der Waals surface area contributed by atoms with Crippen LogP contribution >= 0.6 is 11.3 Å². The number of thiazole rings is 1. The molecule has 1 heterocycles. The maximum atomic E-state index is 13.9. The Morgan fingerprint density at radius 3 is 2.32 bits per heavy atom. The number of hydrogen-bond acceptors (Lipinski definition) is 3. The van der Waals surface area contributed by atoms with E-state index in [1.165, 1.54) is 24.3 Å². The highest BCUT2D eigenvalue weighted by molar-refractivity contribution is 7.13. The lowest BCUT2D eigenvalue weighted by atomic mass is 10.1. The van der Waals surface area contributed by atoms with Gasteiger partial charge in [-0.3, -0.25) is 4.79 Å². The molecule has 3 nitrogen and oxygen atoms in total. The predicted molar refractivity (Wildman–Crippen MR) is 87.6 cm³/mol. The largest absolute Gasteiger partial charge is 0.471 e. The van der Waals surface area contributed by atoms with Crippen molar-refractivity contribution < 1.29 is 22.4 Å². The smallest absolute Gasteiger partial charge is 0.318 e. The fraction of sp³-hybridized carbons (Fsp3) is 0.0588. The van der Waals surface area contributed by atoms with E-state index < -0.39 is 17.9 Å². The van der Waals surface area contributed by atoms with Crippen LogP contribution in [-0.2, 0) is 4.79 Å². The summed E-state index contributed by atoms with van der Waals surface area (Å²) in [6.45, 7) is 0. The lowest BCUT2D eigenvalue weighted by molar-refractivity contribution is -0.167. The zero-order chi connectivity index (χ0) is 18.0. The number of rotatable bonds is 3. The number of para-hydroxylation sites is 1. The summed E-state index contributed by atoms with van der Waals surface area (Å²) in [4.78, 5) is 15.5. The molecule has 0 bridgehead atoms. The average Bonchev–Trinajstić information content (AvgIpc) is 3.04. The van der Waals surface area contributed by atoms with Crippen LogP contribution in [-0.4, -0.2) is 17.1 Å². The van der Waals surface area contributed by atoms with Crippen molar-refractivity contribution in [1.29, 1.82) is 0 Å². The van der Waals surface area contributed by atoms with E-state index in [0.717, 1.165) is 11.3 Å². The van der Waals surface area contributed by atoms with Gasteiger partial charge in [0.15, 0.2) is 0 Å². The van der Waals surface area contributed by atoms with Gasteiger partial charge in [0, 0.05) is 16.5 Å². The van der Waals surface area contributed by atoms with Crippen LogP contribution in [0.2, 0.25) is 0 Å². The quantitative estimate of drug-likeness (QED) is 0.654. The van der Waals surface area contributed by atoms with E-state index in [4.69, 9.17) is 0 Å². The molecule has 8 heteroatoms. The molecule has 1 aromatic heterocycles. The first-order valence-electron chi connectivity index (χ1n) is 7.04. The third-order valence-corrected chi connectivity index (χ3v) is 4.19. The normalized spacial score (nSPS) is 11.4. The molecule has 2 aromatic carbocycles. The molecule has 3 aromatic rings. The van der Waals surface area contributed by atoms with Crippen molar-refractivity contribution in [3.8, 4) is 21.8 Å². The minimum Gasteiger partial charge on any atom is -0.318 e. The number of carbonyl (C=O) groups is 1. The molecule has 25 heavy (non-hydrogen) atoms. The lowest BCUT2D eigenvalue weighted by Gasteiger charge is -2.11. The molecule has 0 fully saturated rings. The highest BCUT2D eigenvalue weighted by Gasteiger charge is 2.39. The van der Waals surface area contributed by atoms with Crippen molar-refractivity contribution in [2.24, 2.45) is 0 Å². The average molecular weight is 366 g/mol. The summed E-state index contributed by atoms with van der Waals surface area (Å²) in [5.74, 6) is -2.51. The molecule has 0 aliphatic carbocycles. The Balaban J connectivity index is 1.96. The van der Waals surface area contributed by atoms with Crippen LogP contribution in [0, 0.1) is 5.82 Å². The maximum Gasteiger partial charge on any atom is 0.471 e. The van der Waals surface area contributed by atoms with Crippen LogP contribution in [0.15, 0.2) is 53.9 Å². The van der Waals surface area contributed by atoms with Crippen molar-refractivity contribution in [2.45, 2.75) is 6.18 Å². The number of nitrogens with zero attached hydrogens (tertiary/aromatic N) is 1. The molecule has 0 saturated heterocycles. The van der Waals surface area contributed by atoms with Crippen molar-refractivity contribution in [1.82, 2.24) is 4.98 Å². The first-order chi connectivity index (χ1) is 11.9. The van der Waals surface area contributed by atoms with Gasteiger partial charge in [-0.1, -0.05) is 30.3 Å². The Morgan fingerprint density at radius 1 is 1.00 bits per heavy atom. The second kappa shape index (κ2) is 6.64. The molecular weight excluding hydrogens is 356 g/mol. The second-order valence-electron chi connectivity index (χ2n) is 5.02. The van der Waals surface area contributed by atoms with Crippen LogP contribution < -0.4 is 5.32 Å². The predicted octanol–water partition coefficient (Wildman–Crippen LogP) is 5.12. The summed E-state index contributed by atoms with van der Waals surface area (Å²) in [5, 5.41) is 3.83. The molecule has 0 radical (unpaired) electrons. The van der Waals surface area contributed by atoms with Gasteiger partial charge in [-0.25, -0.2) is 9.37 Å². The third-order valence-electron chi connectivity index (χ3n) is 3.32. The highest BCUT2D eigenvalue weighted by Crippen LogP contribution is 2.34. The van der Waals surface area contributed by atoms with Gasteiger partial charge in [0.2, 0.25) is 0 Å². The number of benzene rings is 2. The summed E-state index contributed by atoms with van der Waals surface area (Å²) in [5.41, 5.74) is 0.950. The van der Waals surface area contributed by atoms with Crippen LogP contribution in [0.5, 0.6) is 0 Å². The van der Waals surface area contributed by atoms with E-state index in [2.05, 4.69) is 4.98 Å². The maximum absolute atomic E-state index is 13.9. The van der Waals surface area contributed by atoms with E-state index in [-0.39, 0.29) is 5.69 Å². The van der Waals surface area contributed by atoms with Crippen molar-refractivity contribution in [3.63, 3.8) is 0 Å². The number of hydrogen-bond donors (Lipinski definition) is 1. The van der Waals surface area contributed by atoms with Gasteiger partial charge >= 0.3 is 12.1 Å². The molecule has 0 unspecified atom stereocenters. The minimum absolute atomic E-state index is 0.0183. The fourth-order valence-corrected chi connectivity index (χ4v) is 3.01. The molecule has 1 N–H and O–H groups in total. The molecule has 0 aliphatic heterocycles. The number of aromatic nitrogens is 1. The van der Waals surface area contributed by atoms with Crippen molar-refractivity contribution in [3.05, 3.63) is 59.7 Å². The monoisotopic (exact) mass is 366 g/mol. The van der Waals surface area contributed by atoms with Crippen molar-refractivity contribution >= 4 is 22.9 Å². The fourth-order valence-electron chi connectivity index (χ4n) is 2.16. The van der Waals surface area contributed by atoms with Gasteiger partial charge in [-0.2, -0.15) is 13.2 Å². The molecular formula is C17H10F4N2OS. The van der Waals surface area contributed by atoms with Gasteiger partial charge in [-0.15, -0.1) is 11.3 Å². The van der Waals surface area contributed by atoms with E-state index in [9.17, 15) is 22.4 Å². The zero-order valence-corrected chi connectivity index (χ0v) is 13.3. The highest BCUT2D eigenvalue weighted by atomic mass is 32.1. The lowest BCUT2D eigenvalue weighted by Crippen LogP contribution is -2.30. The number of nitrogens with one attached hydrogen (secondary N) is 1. The number of amides is 1. The number of carbonyl (C=O) groups excluding carboxylic acids is 1. The molecule has 1 amide bonds. The molecule has 0 aliphatic rings. The van der Waals surface area contributed by atoms with Gasteiger partial charge in [-0.05, 0) is 18.2 Å². The Bertz CT molecular complexity index is 921. The summed E-state index contributed by atoms with van der Waals surface area (Å²) in [6.07, 6.45) is -4.99. The Kier molecular flexibility index (Phi) is 4.54. The number of anilines is 1. The molecule has 128 valence electrons. The third kappa shape index (κ3) is 3.69. The first-order valence-corrected chi connectivity index (χ1v) is 7.92. The standard InChI is InChI=1S/C17H10F4N2OS/c18-12-7-3-1-5-10(12)15-22-14(9-25-15)11-6-2-4-8-13(11)23-16(24)17(19,20)21/h1-9H,(H,23,24). The SMILES string of the molecule is O=C(Nc1ccccc1-c1csc(-c2ccccc2F)n1)C(F)(F)F. The number of halogens is 4. The topological polar surface area (TPSA) is 42.0 Å². The van der Waals surface area contributed by atoms with Crippen LogP contribution in [0.25, 0.3) is 21.8 Å². The first kappa shape index (κ1) is 17.1. The van der Waals surface area contributed by atoms with E-state index >= 15 is 0 Å². The number of alkyl halides is 3. The van der Waals surface area contributed by atoms with Gasteiger partial charge in [0.05, 0.1) is 11.4 Å². The van der Waals surface area contributed by atoms with E-state index in [1.54, 1.807) is 29.6 Å². The van der Waals surface area contributed by atoms with Crippen molar-refractivity contribution in [2.75, 3.05) is 5.32 Å².